The number of thioether (sulfide) groups is 1. The molecule has 3 heteroatoms. The normalized spacial score (nSPS) is 18.6. The van der Waals surface area contributed by atoms with E-state index in [4.69, 9.17) is 10.5 Å². The largest absolute Gasteiger partial charge is 0.496 e. The molecule has 1 aromatic carbocycles. The zero-order chi connectivity index (χ0) is 13.0. The molecule has 0 aromatic heterocycles. The summed E-state index contributed by atoms with van der Waals surface area (Å²) in [7, 11) is 1.72. The average Bonchev–Trinajstić information content (AvgIpc) is 2.39. The molecule has 0 aliphatic heterocycles. The van der Waals surface area contributed by atoms with Crippen molar-refractivity contribution in [2.45, 2.75) is 55.2 Å². The van der Waals surface area contributed by atoms with E-state index >= 15 is 0 Å². The fourth-order valence-electron chi connectivity index (χ4n) is 2.62. The Kier molecular flexibility index (Phi) is 4.95. The van der Waals surface area contributed by atoms with E-state index in [-0.39, 0.29) is 6.04 Å². The first-order valence-electron chi connectivity index (χ1n) is 6.81. The zero-order valence-corrected chi connectivity index (χ0v) is 12.1. The smallest absolute Gasteiger partial charge is 0.124 e. The van der Waals surface area contributed by atoms with Crippen LogP contribution in [0.2, 0.25) is 0 Å². The third kappa shape index (κ3) is 3.21. The van der Waals surface area contributed by atoms with Crippen LogP contribution in [0.15, 0.2) is 23.1 Å². The minimum Gasteiger partial charge on any atom is -0.496 e. The van der Waals surface area contributed by atoms with Crippen molar-refractivity contribution < 1.29 is 4.74 Å². The van der Waals surface area contributed by atoms with Crippen LogP contribution in [-0.2, 0) is 0 Å². The highest BCUT2D eigenvalue weighted by molar-refractivity contribution is 8.00. The first-order valence-corrected chi connectivity index (χ1v) is 7.69. The number of nitrogens with two attached hydrogens (primary N) is 1. The summed E-state index contributed by atoms with van der Waals surface area (Å²) in [6, 6.07) is 6.27. The lowest BCUT2D eigenvalue weighted by molar-refractivity contribution is 0.405. The van der Waals surface area contributed by atoms with Gasteiger partial charge in [-0.15, -0.1) is 11.8 Å². The molecule has 1 aliphatic rings. The van der Waals surface area contributed by atoms with E-state index in [1.165, 1.54) is 37.0 Å². The maximum Gasteiger partial charge on any atom is 0.124 e. The highest BCUT2D eigenvalue weighted by atomic mass is 32.2. The van der Waals surface area contributed by atoms with E-state index in [1.54, 1.807) is 7.11 Å². The van der Waals surface area contributed by atoms with Crippen LogP contribution < -0.4 is 10.5 Å². The third-order valence-corrected chi connectivity index (χ3v) is 4.96. The molecule has 18 heavy (non-hydrogen) atoms. The summed E-state index contributed by atoms with van der Waals surface area (Å²) in [5.74, 6) is 0.922. The summed E-state index contributed by atoms with van der Waals surface area (Å²) in [5.41, 5.74) is 7.27. The molecule has 0 bridgehead atoms. The van der Waals surface area contributed by atoms with Gasteiger partial charge in [0.2, 0.25) is 0 Å². The summed E-state index contributed by atoms with van der Waals surface area (Å²) in [6.07, 6.45) is 6.81. The van der Waals surface area contributed by atoms with Crippen molar-refractivity contribution in [2.75, 3.05) is 7.11 Å². The fourth-order valence-corrected chi connectivity index (χ4v) is 4.11. The Balaban J connectivity index is 2.20. The fraction of sp³-hybridized carbons (Fsp3) is 0.600. The Hall–Kier alpha value is -0.670. The molecule has 0 spiro atoms. The second-order valence-corrected chi connectivity index (χ2v) is 6.38. The second kappa shape index (κ2) is 6.48. The van der Waals surface area contributed by atoms with Gasteiger partial charge in [-0.1, -0.05) is 25.3 Å². The number of rotatable bonds is 4. The van der Waals surface area contributed by atoms with Gasteiger partial charge in [-0.05, 0) is 31.9 Å². The van der Waals surface area contributed by atoms with Crippen LogP contribution in [0.25, 0.3) is 0 Å². The van der Waals surface area contributed by atoms with E-state index in [9.17, 15) is 0 Å². The van der Waals surface area contributed by atoms with E-state index < -0.39 is 0 Å². The molecular formula is C15H23NOS. The average molecular weight is 265 g/mol. The van der Waals surface area contributed by atoms with Crippen LogP contribution in [0.3, 0.4) is 0 Å². The van der Waals surface area contributed by atoms with Gasteiger partial charge in [-0.2, -0.15) is 0 Å². The van der Waals surface area contributed by atoms with Crippen molar-refractivity contribution >= 4 is 11.8 Å². The summed E-state index contributed by atoms with van der Waals surface area (Å²) >= 11 is 1.99. The molecule has 1 aromatic rings. The molecular weight excluding hydrogens is 242 g/mol. The van der Waals surface area contributed by atoms with Crippen molar-refractivity contribution in [3.05, 3.63) is 23.8 Å². The summed E-state index contributed by atoms with van der Waals surface area (Å²) in [5, 5.41) is 0.753. The molecule has 0 unspecified atom stereocenters. The van der Waals surface area contributed by atoms with Crippen LogP contribution in [0.5, 0.6) is 5.75 Å². The molecule has 1 aliphatic carbocycles. The predicted octanol–water partition coefficient (Wildman–Crippen LogP) is 4.14. The molecule has 100 valence electrons. The van der Waals surface area contributed by atoms with Crippen LogP contribution in [0.1, 0.15) is 50.6 Å². The molecule has 0 saturated heterocycles. The number of hydrogen-bond acceptors (Lipinski definition) is 3. The number of hydrogen-bond donors (Lipinski definition) is 1. The van der Waals surface area contributed by atoms with Gasteiger partial charge in [-0.25, -0.2) is 0 Å². The van der Waals surface area contributed by atoms with Crippen LogP contribution in [0, 0.1) is 0 Å². The van der Waals surface area contributed by atoms with Crippen molar-refractivity contribution in [1.29, 1.82) is 0 Å². The highest BCUT2D eigenvalue weighted by Gasteiger charge is 2.19. The van der Waals surface area contributed by atoms with Gasteiger partial charge in [-0.3, -0.25) is 0 Å². The Morgan fingerprint density at radius 1 is 1.28 bits per heavy atom. The Morgan fingerprint density at radius 3 is 2.61 bits per heavy atom. The van der Waals surface area contributed by atoms with Gasteiger partial charge in [0, 0.05) is 21.8 Å². The predicted molar refractivity (Wildman–Crippen MR) is 78.3 cm³/mol. The van der Waals surface area contributed by atoms with Crippen molar-refractivity contribution in [2.24, 2.45) is 5.73 Å². The Morgan fingerprint density at radius 2 is 2.00 bits per heavy atom. The number of benzene rings is 1. The van der Waals surface area contributed by atoms with Gasteiger partial charge in [0.1, 0.15) is 5.75 Å². The maximum absolute atomic E-state index is 6.10. The molecule has 0 heterocycles. The second-order valence-electron chi connectivity index (χ2n) is 5.04. The lowest BCUT2D eigenvalue weighted by Crippen LogP contribution is -2.12. The lowest BCUT2D eigenvalue weighted by atomic mass is 10.0. The van der Waals surface area contributed by atoms with Crippen LogP contribution >= 0.6 is 11.8 Å². The highest BCUT2D eigenvalue weighted by Crippen LogP contribution is 2.39. The van der Waals surface area contributed by atoms with E-state index in [1.807, 2.05) is 24.8 Å². The van der Waals surface area contributed by atoms with Gasteiger partial charge in [0.05, 0.1) is 7.11 Å². The summed E-state index contributed by atoms with van der Waals surface area (Å²) in [6.45, 7) is 2.03. The lowest BCUT2D eigenvalue weighted by Gasteiger charge is -2.23. The van der Waals surface area contributed by atoms with Crippen LogP contribution in [0.4, 0.5) is 0 Å². The third-order valence-electron chi connectivity index (χ3n) is 3.55. The molecule has 1 fully saturated rings. The molecule has 1 atom stereocenters. The van der Waals surface area contributed by atoms with Gasteiger partial charge >= 0.3 is 0 Å². The number of ether oxygens (including phenoxy) is 1. The van der Waals surface area contributed by atoms with Crippen molar-refractivity contribution in [3.8, 4) is 5.75 Å². The minimum atomic E-state index is 0.0206. The maximum atomic E-state index is 6.10. The standard InChI is InChI=1S/C15H23NOS/c1-11(16)15-13(17-2)9-6-10-14(15)18-12-7-4-3-5-8-12/h6,9-12H,3-5,7-8,16H2,1-2H3/t11-/m1/s1. The zero-order valence-electron chi connectivity index (χ0n) is 11.3. The van der Waals surface area contributed by atoms with Crippen LogP contribution in [-0.4, -0.2) is 12.4 Å². The monoisotopic (exact) mass is 265 g/mol. The minimum absolute atomic E-state index is 0.0206. The van der Waals surface area contributed by atoms with Crippen molar-refractivity contribution in [3.63, 3.8) is 0 Å². The first kappa shape index (κ1) is 13.8. The molecule has 2 nitrogen and oxygen atoms in total. The van der Waals surface area contributed by atoms with Gasteiger partial charge < -0.3 is 10.5 Å². The molecule has 0 radical (unpaired) electrons. The Bertz CT molecular complexity index is 386. The van der Waals surface area contributed by atoms with Gasteiger partial charge in [0.15, 0.2) is 0 Å². The van der Waals surface area contributed by atoms with E-state index in [0.29, 0.717) is 0 Å². The quantitative estimate of drug-likeness (QED) is 0.888. The molecule has 2 rings (SSSR count). The molecule has 1 saturated carbocycles. The summed E-state index contributed by atoms with van der Waals surface area (Å²) in [4.78, 5) is 1.30. The summed E-state index contributed by atoms with van der Waals surface area (Å²) < 4.78 is 5.44. The topological polar surface area (TPSA) is 35.2 Å². The Labute approximate surface area is 114 Å². The molecule has 2 N–H and O–H groups in total. The van der Waals surface area contributed by atoms with Crippen molar-refractivity contribution in [1.82, 2.24) is 0 Å². The van der Waals surface area contributed by atoms with Gasteiger partial charge in [0.25, 0.3) is 0 Å². The number of methoxy groups -OCH3 is 1. The van der Waals surface area contributed by atoms with E-state index in [0.717, 1.165) is 16.6 Å². The first-order chi connectivity index (χ1) is 8.72. The van der Waals surface area contributed by atoms with E-state index in [2.05, 4.69) is 12.1 Å². The molecule has 0 amide bonds. The SMILES string of the molecule is COc1cccc(SC2CCCCC2)c1[C@@H](C)N.